The fraction of sp³-hybridized carbons (Fsp3) is 0.438. The molecule has 2 aromatic rings. The molecule has 0 amide bonds. The Kier molecular flexibility index (Phi) is 5.13. The lowest BCUT2D eigenvalue weighted by atomic mass is 10.3. The highest BCUT2D eigenvalue weighted by Gasteiger charge is 2.22. The maximum absolute atomic E-state index is 14.1. The van der Waals surface area contributed by atoms with E-state index in [0.29, 0.717) is 23.4 Å². The average molecular weight is 395 g/mol. The summed E-state index contributed by atoms with van der Waals surface area (Å²) < 4.78 is 14.7. The van der Waals surface area contributed by atoms with E-state index in [0.717, 1.165) is 37.1 Å². The van der Waals surface area contributed by atoms with Gasteiger partial charge in [-0.25, -0.2) is 14.4 Å². The number of hydrogen-bond acceptors (Lipinski definition) is 6. The van der Waals surface area contributed by atoms with Crippen molar-refractivity contribution in [2.24, 2.45) is 0 Å². The van der Waals surface area contributed by atoms with Crippen LogP contribution in [0.3, 0.4) is 0 Å². The molecule has 0 aromatic carbocycles. The van der Waals surface area contributed by atoms with Crippen LogP contribution < -0.4 is 15.1 Å². The Morgan fingerprint density at radius 3 is 2.54 bits per heavy atom. The van der Waals surface area contributed by atoms with Gasteiger partial charge in [-0.3, -0.25) is 0 Å². The van der Waals surface area contributed by atoms with E-state index in [-0.39, 0.29) is 5.82 Å². The van der Waals surface area contributed by atoms with Gasteiger partial charge in [0.05, 0.1) is 0 Å². The molecule has 0 atom stereocenters. The van der Waals surface area contributed by atoms with Crippen LogP contribution in [0.5, 0.6) is 0 Å². The van der Waals surface area contributed by atoms with Gasteiger partial charge in [0.15, 0.2) is 11.6 Å². The van der Waals surface area contributed by atoms with Crippen molar-refractivity contribution in [1.29, 1.82) is 0 Å². The first-order valence-corrected chi connectivity index (χ1v) is 8.76. The van der Waals surface area contributed by atoms with Crippen molar-refractivity contribution in [3.8, 4) is 0 Å². The SMILES string of the molecule is CCNc1cc(C)nc(N2CCN(c3ncc(Br)cc3F)CC2)n1. The minimum absolute atomic E-state index is 0.306. The summed E-state index contributed by atoms with van der Waals surface area (Å²) in [6.07, 6.45) is 1.62. The first-order chi connectivity index (χ1) is 11.6. The number of pyridine rings is 1. The summed E-state index contributed by atoms with van der Waals surface area (Å²) in [5.74, 6) is 1.65. The number of piperazine rings is 1. The van der Waals surface area contributed by atoms with Crippen LogP contribution in [0, 0.1) is 12.7 Å². The number of hydrogen-bond donors (Lipinski definition) is 1. The molecule has 3 rings (SSSR count). The smallest absolute Gasteiger partial charge is 0.227 e. The molecule has 0 saturated carbocycles. The van der Waals surface area contributed by atoms with Crippen molar-refractivity contribution in [3.05, 3.63) is 34.3 Å². The maximum Gasteiger partial charge on any atom is 0.227 e. The molecule has 0 bridgehead atoms. The molecule has 6 nitrogen and oxygen atoms in total. The van der Waals surface area contributed by atoms with E-state index in [1.807, 2.05) is 24.8 Å². The van der Waals surface area contributed by atoms with E-state index >= 15 is 0 Å². The van der Waals surface area contributed by atoms with E-state index in [4.69, 9.17) is 0 Å². The summed E-state index contributed by atoms with van der Waals surface area (Å²) in [7, 11) is 0. The number of aryl methyl sites for hydroxylation is 1. The van der Waals surface area contributed by atoms with Gasteiger partial charge in [-0.05, 0) is 35.8 Å². The third-order valence-corrected chi connectivity index (χ3v) is 4.28. The molecular weight excluding hydrogens is 375 g/mol. The number of halogens is 2. The van der Waals surface area contributed by atoms with Gasteiger partial charge < -0.3 is 15.1 Å². The second kappa shape index (κ2) is 7.29. The minimum atomic E-state index is -0.306. The zero-order valence-electron chi connectivity index (χ0n) is 13.8. The van der Waals surface area contributed by atoms with E-state index in [9.17, 15) is 4.39 Å². The van der Waals surface area contributed by atoms with Gasteiger partial charge >= 0.3 is 0 Å². The number of anilines is 3. The highest BCUT2D eigenvalue weighted by molar-refractivity contribution is 9.10. The Labute approximate surface area is 149 Å². The molecule has 3 heterocycles. The summed E-state index contributed by atoms with van der Waals surface area (Å²) >= 11 is 3.23. The van der Waals surface area contributed by atoms with Gasteiger partial charge in [-0.15, -0.1) is 0 Å². The average Bonchev–Trinajstić information content (AvgIpc) is 2.55. The molecule has 1 aliphatic heterocycles. The monoisotopic (exact) mass is 394 g/mol. The summed E-state index contributed by atoms with van der Waals surface area (Å²) in [4.78, 5) is 17.4. The summed E-state index contributed by atoms with van der Waals surface area (Å²) in [6.45, 7) is 7.63. The van der Waals surface area contributed by atoms with Gasteiger partial charge in [0.25, 0.3) is 0 Å². The van der Waals surface area contributed by atoms with Crippen LogP contribution in [0.4, 0.5) is 22.0 Å². The Balaban J connectivity index is 1.71. The number of nitrogens with one attached hydrogen (secondary N) is 1. The molecule has 1 saturated heterocycles. The molecule has 2 aromatic heterocycles. The third-order valence-electron chi connectivity index (χ3n) is 3.85. The molecule has 8 heteroatoms. The Bertz CT molecular complexity index is 718. The fourth-order valence-corrected chi connectivity index (χ4v) is 3.03. The Morgan fingerprint density at radius 2 is 1.88 bits per heavy atom. The largest absolute Gasteiger partial charge is 0.370 e. The van der Waals surface area contributed by atoms with Crippen LogP contribution in [-0.2, 0) is 0 Å². The van der Waals surface area contributed by atoms with Crippen LogP contribution in [0.1, 0.15) is 12.6 Å². The number of rotatable bonds is 4. The van der Waals surface area contributed by atoms with Crippen LogP contribution in [0.15, 0.2) is 22.8 Å². The zero-order valence-corrected chi connectivity index (χ0v) is 15.3. The van der Waals surface area contributed by atoms with Crippen molar-refractivity contribution in [3.63, 3.8) is 0 Å². The Morgan fingerprint density at radius 1 is 1.17 bits per heavy atom. The van der Waals surface area contributed by atoms with Crippen LogP contribution in [-0.4, -0.2) is 47.7 Å². The predicted molar refractivity (Wildman–Crippen MR) is 97.3 cm³/mol. The molecule has 0 unspecified atom stereocenters. The van der Waals surface area contributed by atoms with E-state index in [1.165, 1.54) is 6.07 Å². The summed E-state index contributed by atoms with van der Waals surface area (Å²) in [5, 5.41) is 3.22. The lowest BCUT2D eigenvalue weighted by molar-refractivity contribution is 0.584. The highest BCUT2D eigenvalue weighted by atomic mass is 79.9. The summed E-state index contributed by atoms with van der Waals surface area (Å²) in [5.41, 5.74) is 0.930. The second-order valence-electron chi connectivity index (χ2n) is 5.66. The van der Waals surface area contributed by atoms with E-state index < -0.39 is 0 Å². The standard InChI is InChI=1S/C16H20BrFN6/c1-3-19-14-8-11(2)21-16(22-14)24-6-4-23(5-7-24)15-13(18)9-12(17)10-20-15/h8-10H,3-7H2,1-2H3,(H,19,21,22). The van der Waals surface area contributed by atoms with Crippen molar-refractivity contribution in [2.75, 3.05) is 47.8 Å². The lowest BCUT2D eigenvalue weighted by Gasteiger charge is -2.35. The number of aromatic nitrogens is 3. The molecule has 1 N–H and O–H groups in total. The third kappa shape index (κ3) is 3.75. The van der Waals surface area contributed by atoms with Crippen molar-refractivity contribution in [2.45, 2.75) is 13.8 Å². The van der Waals surface area contributed by atoms with Gasteiger partial charge in [0.2, 0.25) is 5.95 Å². The zero-order chi connectivity index (χ0) is 17.1. The molecule has 1 aliphatic rings. The first kappa shape index (κ1) is 16.9. The van der Waals surface area contributed by atoms with Crippen LogP contribution in [0.25, 0.3) is 0 Å². The molecule has 128 valence electrons. The molecule has 0 radical (unpaired) electrons. The van der Waals surface area contributed by atoms with Gasteiger partial charge in [0.1, 0.15) is 5.82 Å². The highest BCUT2D eigenvalue weighted by Crippen LogP contribution is 2.22. The van der Waals surface area contributed by atoms with Crippen LogP contribution >= 0.6 is 15.9 Å². The molecule has 1 fully saturated rings. The van der Waals surface area contributed by atoms with Gasteiger partial charge in [0, 0.05) is 55.2 Å². The second-order valence-corrected chi connectivity index (χ2v) is 6.57. The molecule has 0 spiro atoms. The van der Waals surface area contributed by atoms with Crippen LogP contribution in [0.2, 0.25) is 0 Å². The van der Waals surface area contributed by atoms with Crippen molar-refractivity contribution in [1.82, 2.24) is 15.0 Å². The topological polar surface area (TPSA) is 57.2 Å². The first-order valence-electron chi connectivity index (χ1n) is 7.97. The van der Waals surface area contributed by atoms with Gasteiger partial charge in [-0.1, -0.05) is 0 Å². The van der Waals surface area contributed by atoms with E-state index in [1.54, 1.807) is 6.20 Å². The summed E-state index contributed by atoms with van der Waals surface area (Å²) in [6, 6.07) is 3.38. The molecule has 0 aliphatic carbocycles. The maximum atomic E-state index is 14.1. The van der Waals surface area contributed by atoms with Crippen molar-refractivity contribution < 1.29 is 4.39 Å². The number of nitrogens with zero attached hydrogens (tertiary/aromatic N) is 5. The molecular formula is C16H20BrFN6. The van der Waals surface area contributed by atoms with Crippen molar-refractivity contribution >= 4 is 33.5 Å². The quantitative estimate of drug-likeness (QED) is 0.860. The minimum Gasteiger partial charge on any atom is -0.370 e. The predicted octanol–water partition coefficient (Wildman–Crippen LogP) is 2.84. The van der Waals surface area contributed by atoms with Gasteiger partial charge in [-0.2, -0.15) is 4.98 Å². The fourth-order valence-electron chi connectivity index (χ4n) is 2.72. The normalized spacial score (nSPS) is 14.8. The van der Waals surface area contributed by atoms with E-state index in [2.05, 4.69) is 41.1 Å². The molecule has 24 heavy (non-hydrogen) atoms. The Hall–Kier alpha value is -1.96. The lowest BCUT2D eigenvalue weighted by Crippen LogP contribution is -2.47.